The van der Waals surface area contributed by atoms with Crippen molar-refractivity contribution in [3.8, 4) is 5.75 Å². The van der Waals surface area contributed by atoms with Crippen LogP contribution in [-0.2, 0) is 19.7 Å². The molecule has 2 rings (SSSR count). The normalized spacial score (nSPS) is 11.0. The number of ether oxygens (including phenoxy) is 1. The van der Waals surface area contributed by atoms with Gasteiger partial charge < -0.3 is 9.84 Å². The summed E-state index contributed by atoms with van der Waals surface area (Å²) in [6.45, 7) is 7.50. The first-order valence-electron chi connectivity index (χ1n) is 8.23. The predicted molar refractivity (Wildman–Crippen MR) is 92.2 cm³/mol. The molecule has 4 heteroatoms. The summed E-state index contributed by atoms with van der Waals surface area (Å²) in [5, 5.41) is 9.54. The van der Waals surface area contributed by atoms with E-state index >= 15 is 0 Å². The van der Waals surface area contributed by atoms with Gasteiger partial charge in [-0.1, -0.05) is 19.1 Å². The molecule has 0 saturated carbocycles. The van der Waals surface area contributed by atoms with Gasteiger partial charge in [0.05, 0.1) is 13.2 Å². The van der Waals surface area contributed by atoms with Gasteiger partial charge in [-0.15, -0.1) is 0 Å². The lowest BCUT2D eigenvalue weighted by Gasteiger charge is -2.22. The van der Waals surface area contributed by atoms with Gasteiger partial charge >= 0.3 is 0 Å². The highest BCUT2D eigenvalue weighted by Crippen LogP contribution is 2.21. The number of nitrogens with zero attached hydrogens (tertiary/aromatic N) is 2. The van der Waals surface area contributed by atoms with E-state index in [1.165, 1.54) is 11.1 Å². The Morgan fingerprint density at radius 1 is 1.13 bits per heavy atom. The topological polar surface area (TPSA) is 45.6 Å². The maximum absolute atomic E-state index is 9.54. The SMILES string of the molecule is CCCN(Cc1cccnc1)Cc1ccc(OCC)c(CO)c1. The molecule has 0 fully saturated rings. The van der Waals surface area contributed by atoms with E-state index in [-0.39, 0.29) is 6.61 Å². The second kappa shape index (κ2) is 9.28. The van der Waals surface area contributed by atoms with Gasteiger partial charge in [0.15, 0.2) is 0 Å². The molecule has 2 aromatic rings. The van der Waals surface area contributed by atoms with Crippen molar-refractivity contribution >= 4 is 0 Å². The first kappa shape index (κ1) is 17.4. The molecule has 1 heterocycles. The minimum Gasteiger partial charge on any atom is -0.494 e. The van der Waals surface area contributed by atoms with Crippen molar-refractivity contribution in [3.05, 3.63) is 59.4 Å². The van der Waals surface area contributed by atoms with Crippen LogP contribution < -0.4 is 4.74 Å². The summed E-state index contributed by atoms with van der Waals surface area (Å²) in [6.07, 6.45) is 4.82. The zero-order chi connectivity index (χ0) is 16.5. The van der Waals surface area contributed by atoms with Gasteiger partial charge in [0.1, 0.15) is 5.75 Å². The molecular formula is C19H26N2O2. The van der Waals surface area contributed by atoms with Crippen LogP contribution in [-0.4, -0.2) is 28.1 Å². The average Bonchev–Trinajstić information content (AvgIpc) is 2.57. The molecule has 0 aliphatic carbocycles. The van der Waals surface area contributed by atoms with Gasteiger partial charge in [-0.05, 0) is 49.2 Å². The third-order valence-corrected chi connectivity index (χ3v) is 3.67. The van der Waals surface area contributed by atoms with Crippen LogP contribution in [0.25, 0.3) is 0 Å². The summed E-state index contributed by atoms with van der Waals surface area (Å²) in [6, 6.07) is 10.2. The molecule has 0 unspecified atom stereocenters. The summed E-state index contributed by atoms with van der Waals surface area (Å²) >= 11 is 0. The van der Waals surface area contributed by atoms with Crippen molar-refractivity contribution in [2.45, 2.75) is 40.0 Å². The highest BCUT2D eigenvalue weighted by atomic mass is 16.5. The fourth-order valence-electron chi connectivity index (χ4n) is 2.69. The molecule has 0 atom stereocenters. The van der Waals surface area contributed by atoms with Crippen LogP contribution in [0.5, 0.6) is 5.75 Å². The fourth-order valence-corrected chi connectivity index (χ4v) is 2.69. The molecule has 0 bridgehead atoms. The lowest BCUT2D eigenvalue weighted by molar-refractivity contribution is 0.254. The van der Waals surface area contributed by atoms with Gasteiger partial charge in [0, 0.05) is 31.0 Å². The molecule has 0 amide bonds. The van der Waals surface area contributed by atoms with Crippen LogP contribution in [0.3, 0.4) is 0 Å². The quantitative estimate of drug-likeness (QED) is 0.770. The number of aliphatic hydroxyl groups is 1. The van der Waals surface area contributed by atoms with Gasteiger partial charge in [0.2, 0.25) is 0 Å². The monoisotopic (exact) mass is 314 g/mol. The van der Waals surface area contributed by atoms with E-state index in [4.69, 9.17) is 4.74 Å². The third kappa shape index (κ3) is 5.34. The van der Waals surface area contributed by atoms with Crippen molar-refractivity contribution in [1.82, 2.24) is 9.88 Å². The molecule has 0 radical (unpaired) electrons. The largest absolute Gasteiger partial charge is 0.494 e. The molecule has 1 aromatic heterocycles. The number of pyridine rings is 1. The molecule has 0 spiro atoms. The molecule has 0 saturated heterocycles. The standard InChI is InChI=1S/C19H26N2O2/c1-3-10-21(14-17-6-5-9-20-12-17)13-16-7-8-19(23-4-2)18(11-16)15-22/h5-9,11-12,22H,3-4,10,13-15H2,1-2H3. The Kier molecular flexibility index (Phi) is 7.04. The number of hydrogen-bond donors (Lipinski definition) is 1. The third-order valence-electron chi connectivity index (χ3n) is 3.67. The average molecular weight is 314 g/mol. The number of hydrogen-bond acceptors (Lipinski definition) is 4. The van der Waals surface area contributed by atoms with E-state index in [9.17, 15) is 5.11 Å². The highest BCUT2D eigenvalue weighted by Gasteiger charge is 2.09. The summed E-state index contributed by atoms with van der Waals surface area (Å²) in [4.78, 5) is 6.58. The minimum absolute atomic E-state index is 0.000440. The highest BCUT2D eigenvalue weighted by molar-refractivity contribution is 5.37. The number of aliphatic hydroxyl groups excluding tert-OH is 1. The Bertz CT molecular complexity index is 587. The van der Waals surface area contributed by atoms with E-state index in [1.807, 2.05) is 31.3 Å². The molecule has 23 heavy (non-hydrogen) atoms. The first-order chi connectivity index (χ1) is 11.3. The summed E-state index contributed by atoms with van der Waals surface area (Å²) in [5.74, 6) is 0.771. The van der Waals surface area contributed by atoms with Gasteiger partial charge in [0.25, 0.3) is 0 Å². The number of aromatic nitrogens is 1. The van der Waals surface area contributed by atoms with Crippen LogP contribution in [0.1, 0.15) is 37.0 Å². The van der Waals surface area contributed by atoms with Crippen LogP contribution >= 0.6 is 0 Å². The van der Waals surface area contributed by atoms with E-state index in [0.29, 0.717) is 6.61 Å². The molecule has 1 N–H and O–H groups in total. The molecule has 4 nitrogen and oxygen atoms in total. The maximum atomic E-state index is 9.54. The van der Waals surface area contributed by atoms with Crippen LogP contribution in [0, 0.1) is 0 Å². The molecule has 124 valence electrons. The predicted octanol–water partition coefficient (Wildman–Crippen LogP) is 3.38. The van der Waals surface area contributed by atoms with E-state index < -0.39 is 0 Å². The summed E-state index contributed by atoms with van der Waals surface area (Å²) in [5.41, 5.74) is 3.26. The van der Waals surface area contributed by atoms with Crippen molar-refractivity contribution in [3.63, 3.8) is 0 Å². The van der Waals surface area contributed by atoms with Crippen LogP contribution in [0.15, 0.2) is 42.7 Å². The van der Waals surface area contributed by atoms with Crippen molar-refractivity contribution in [1.29, 1.82) is 0 Å². The van der Waals surface area contributed by atoms with E-state index in [0.717, 1.165) is 37.4 Å². The lowest BCUT2D eigenvalue weighted by Crippen LogP contribution is -2.23. The fraction of sp³-hybridized carbons (Fsp3) is 0.421. The van der Waals surface area contributed by atoms with Gasteiger partial charge in [-0.25, -0.2) is 0 Å². The zero-order valence-electron chi connectivity index (χ0n) is 14.0. The molecule has 0 aliphatic heterocycles. The summed E-state index contributed by atoms with van der Waals surface area (Å²) < 4.78 is 5.55. The van der Waals surface area contributed by atoms with Crippen molar-refractivity contribution in [2.24, 2.45) is 0 Å². The molecular weight excluding hydrogens is 288 g/mol. The molecule has 0 aliphatic rings. The molecule has 1 aromatic carbocycles. The Hall–Kier alpha value is -1.91. The number of rotatable bonds is 9. The van der Waals surface area contributed by atoms with Crippen LogP contribution in [0.2, 0.25) is 0 Å². The van der Waals surface area contributed by atoms with E-state index in [1.54, 1.807) is 6.20 Å². The Labute approximate surface area is 138 Å². The summed E-state index contributed by atoms with van der Waals surface area (Å²) in [7, 11) is 0. The minimum atomic E-state index is -0.000440. The van der Waals surface area contributed by atoms with Crippen molar-refractivity contribution < 1.29 is 9.84 Å². The smallest absolute Gasteiger partial charge is 0.124 e. The zero-order valence-corrected chi connectivity index (χ0v) is 14.0. The van der Waals surface area contributed by atoms with Gasteiger partial charge in [-0.2, -0.15) is 0 Å². The van der Waals surface area contributed by atoms with Gasteiger partial charge in [-0.3, -0.25) is 9.88 Å². The lowest BCUT2D eigenvalue weighted by atomic mass is 10.1. The Balaban J connectivity index is 2.10. The number of benzene rings is 1. The van der Waals surface area contributed by atoms with Crippen molar-refractivity contribution in [2.75, 3.05) is 13.2 Å². The van der Waals surface area contributed by atoms with E-state index in [2.05, 4.69) is 28.9 Å². The second-order valence-electron chi connectivity index (χ2n) is 5.61. The Morgan fingerprint density at radius 3 is 2.61 bits per heavy atom. The maximum Gasteiger partial charge on any atom is 0.124 e. The second-order valence-corrected chi connectivity index (χ2v) is 5.61. The first-order valence-corrected chi connectivity index (χ1v) is 8.23. The van der Waals surface area contributed by atoms with Crippen LogP contribution in [0.4, 0.5) is 0 Å². The Morgan fingerprint density at radius 2 is 1.96 bits per heavy atom.